The Morgan fingerprint density at radius 2 is 1.74 bits per heavy atom. The molecule has 0 saturated carbocycles. The second-order valence-corrected chi connectivity index (χ2v) is 4.42. The summed E-state index contributed by atoms with van der Waals surface area (Å²) in [5.74, 6) is -1.72. The number of carboxylic acids is 1. The first-order valence-electron chi connectivity index (χ1n) is 5.74. The number of nitrogens with two attached hydrogens (primary N) is 1. The minimum atomic E-state index is -4.26. The Kier molecular flexibility index (Phi) is 5.12. The van der Waals surface area contributed by atoms with Crippen LogP contribution in [0.15, 0.2) is 0 Å². The van der Waals surface area contributed by atoms with E-state index in [1.807, 2.05) is 0 Å². The number of rotatable bonds is 4. The first-order valence-corrected chi connectivity index (χ1v) is 5.74. The number of carbonyl (C=O) groups excluding carboxylic acids is 1. The van der Waals surface area contributed by atoms with Crippen molar-refractivity contribution in [3.05, 3.63) is 0 Å². The number of hydrogen-bond donors (Lipinski definition) is 2. The number of halogens is 3. The molecule has 0 aromatic heterocycles. The highest BCUT2D eigenvalue weighted by molar-refractivity contribution is 5.86. The molecule has 1 amide bonds. The molecule has 9 heteroatoms. The molecule has 1 atom stereocenters. The summed E-state index contributed by atoms with van der Waals surface area (Å²) in [5, 5.41) is 8.52. The zero-order chi connectivity index (χ0) is 14.6. The highest BCUT2D eigenvalue weighted by Gasteiger charge is 2.33. The van der Waals surface area contributed by atoms with Gasteiger partial charge in [0.15, 0.2) is 0 Å². The fourth-order valence-corrected chi connectivity index (χ4v) is 1.89. The molecular formula is C10H16F3N3O3. The van der Waals surface area contributed by atoms with Crippen molar-refractivity contribution < 1.29 is 27.9 Å². The maximum atomic E-state index is 12.2. The van der Waals surface area contributed by atoms with Gasteiger partial charge in [-0.25, -0.2) is 0 Å². The van der Waals surface area contributed by atoms with Crippen LogP contribution in [-0.4, -0.2) is 71.7 Å². The SMILES string of the molecule is NC(CC(=O)O)C(=O)N1CCN(CC(F)(F)F)CC1. The highest BCUT2D eigenvalue weighted by Crippen LogP contribution is 2.17. The molecule has 3 N–H and O–H groups in total. The molecule has 0 aromatic carbocycles. The summed E-state index contributed by atoms with van der Waals surface area (Å²) in [6.07, 6.45) is -4.74. The van der Waals surface area contributed by atoms with Crippen molar-refractivity contribution in [2.45, 2.75) is 18.6 Å². The molecule has 1 unspecified atom stereocenters. The van der Waals surface area contributed by atoms with E-state index in [4.69, 9.17) is 10.8 Å². The molecule has 1 saturated heterocycles. The number of nitrogens with zero attached hydrogens (tertiary/aromatic N) is 2. The Labute approximate surface area is 107 Å². The van der Waals surface area contributed by atoms with Crippen molar-refractivity contribution in [3.8, 4) is 0 Å². The van der Waals surface area contributed by atoms with Crippen LogP contribution >= 0.6 is 0 Å². The second-order valence-electron chi connectivity index (χ2n) is 4.42. The Hall–Kier alpha value is -1.35. The molecule has 110 valence electrons. The predicted molar refractivity (Wildman–Crippen MR) is 59.3 cm³/mol. The van der Waals surface area contributed by atoms with E-state index in [0.29, 0.717) is 0 Å². The summed E-state index contributed by atoms with van der Waals surface area (Å²) in [6.45, 7) is -0.545. The Bertz CT molecular complexity index is 341. The maximum Gasteiger partial charge on any atom is 0.401 e. The molecule has 0 aliphatic carbocycles. The lowest BCUT2D eigenvalue weighted by Crippen LogP contribution is -2.54. The number of amides is 1. The van der Waals surface area contributed by atoms with Gasteiger partial charge in [0.05, 0.1) is 19.0 Å². The van der Waals surface area contributed by atoms with Gasteiger partial charge in [-0.1, -0.05) is 0 Å². The summed E-state index contributed by atoms with van der Waals surface area (Å²) in [4.78, 5) is 24.7. The van der Waals surface area contributed by atoms with Crippen LogP contribution in [0.25, 0.3) is 0 Å². The van der Waals surface area contributed by atoms with Crippen molar-refractivity contribution in [1.29, 1.82) is 0 Å². The summed E-state index contributed by atoms with van der Waals surface area (Å²) in [7, 11) is 0. The summed E-state index contributed by atoms with van der Waals surface area (Å²) >= 11 is 0. The van der Waals surface area contributed by atoms with Crippen LogP contribution in [0, 0.1) is 0 Å². The quantitative estimate of drug-likeness (QED) is 0.726. The van der Waals surface area contributed by atoms with Crippen molar-refractivity contribution in [2.75, 3.05) is 32.7 Å². The molecule has 6 nitrogen and oxygen atoms in total. The Morgan fingerprint density at radius 3 is 2.16 bits per heavy atom. The summed E-state index contributed by atoms with van der Waals surface area (Å²) in [5.41, 5.74) is 5.42. The van der Waals surface area contributed by atoms with Crippen LogP contribution in [0.3, 0.4) is 0 Å². The molecule has 0 bridgehead atoms. The van der Waals surface area contributed by atoms with E-state index in [-0.39, 0.29) is 26.2 Å². The third-order valence-electron chi connectivity index (χ3n) is 2.80. The molecule has 1 aliphatic rings. The topological polar surface area (TPSA) is 86.9 Å². The van der Waals surface area contributed by atoms with Gasteiger partial charge in [0, 0.05) is 26.2 Å². The number of aliphatic carboxylic acids is 1. The van der Waals surface area contributed by atoms with E-state index in [0.717, 1.165) is 0 Å². The van der Waals surface area contributed by atoms with E-state index in [2.05, 4.69) is 0 Å². The molecular weight excluding hydrogens is 267 g/mol. The van der Waals surface area contributed by atoms with E-state index < -0.39 is 37.1 Å². The standard InChI is InChI=1S/C10H16F3N3O3/c11-10(12,13)6-15-1-3-16(4-2-15)9(19)7(14)5-8(17)18/h7H,1-6,14H2,(H,17,18). The number of carbonyl (C=O) groups is 2. The Balaban J connectivity index is 2.41. The van der Waals surface area contributed by atoms with Crippen molar-refractivity contribution in [2.24, 2.45) is 5.73 Å². The van der Waals surface area contributed by atoms with Crippen LogP contribution in [0.1, 0.15) is 6.42 Å². The molecule has 0 spiro atoms. The first kappa shape index (κ1) is 15.7. The van der Waals surface area contributed by atoms with Crippen molar-refractivity contribution >= 4 is 11.9 Å². The van der Waals surface area contributed by atoms with Gasteiger partial charge in [0.25, 0.3) is 0 Å². The fraction of sp³-hybridized carbons (Fsp3) is 0.800. The van der Waals surface area contributed by atoms with Crippen molar-refractivity contribution in [1.82, 2.24) is 9.80 Å². The molecule has 0 aromatic rings. The molecule has 1 rings (SSSR count). The van der Waals surface area contributed by atoms with Gasteiger partial charge in [-0.3, -0.25) is 14.5 Å². The molecule has 1 fully saturated rings. The number of piperazine rings is 1. The highest BCUT2D eigenvalue weighted by atomic mass is 19.4. The zero-order valence-electron chi connectivity index (χ0n) is 10.2. The number of hydrogen-bond acceptors (Lipinski definition) is 4. The van der Waals surface area contributed by atoms with E-state index >= 15 is 0 Å². The second kappa shape index (κ2) is 6.20. The molecule has 19 heavy (non-hydrogen) atoms. The van der Waals surface area contributed by atoms with E-state index in [9.17, 15) is 22.8 Å². The third-order valence-corrected chi connectivity index (χ3v) is 2.80. The van der Waals surface area contributed by atoms with Gasteiger partial charge in [-0.05, 0) is 0 Å². The van der Waals surface area contributed by atoms with Crippen LogP contribution in [0.4, 0.5) is 13.2 Å². The van der Waals surface area contributed by atoms with Crippen LogP contribution < -0.4 is 5.73 Å². The van der Waals surface area contributed by atoms with Gasteiger partial charge in [0.2, 0.25) is 5.91 Å². The minimum Gasteiger partial charge on any atom is -0.481 e. The van der Waals surface area contributed by atoms with Gasteiger partial charge >= 0.3 is 12.1 Å². The largest absolute Gasteiger partial charge is 0.481 e. The smallest absolute Gasteiger partial charge is 0.401 e. The van der Waals surface area contributed by atoms with Gasteiger partial charge in [-0.15, -0.1) is 0 Å². The maximum absolute atomic E-state index is 12.2. The first-order chi connectivity index (χ1) is 8.69. The van der Waals surface area contributed by atoms with E-state index in [1.165, 1.54) is 9.80 Å². The number of carboxylic acid groups (broad SMARTS) is 1. The van der Waals surface area contributed by atoms with Crippen molar-refractivity contribution in [3.63, 3.8) is 0 Å². The third kappa shape index (κ3) is 5.43. The summed E-state index contributed by atoms with van der Waals surface area (Å²) < 4.78 is 36.5. The van der Waals surface area contributed by atoms with Gasteiger partial charge < -0.3 is 15.7 Å². The van der Waals surface area contributed by atoms with Crippen LogP contribution in [-0.2, 0) is 9.59 Å². The number of alkyl halides is 3. The van der Waals surface area contributed by atoms with Crippen LogP contribution in [0.5, 0.6) is 0 Å². The van der Waals surface area contributed by atoms with Gasteiger partial charge in [0.1, 0.15) is 0 Å². The molecule has 1 heterocycles. The minimum absolute atomic E-state index is 0.102. The normalized spacial score (nSPS) is 19.3. The lowest BCUT2D eigenvalue weighted by Gasteiger charge is -2.35. The average molecular weight is 283 g/mol. The predicted octanol–water partition coefficient (Wildman–Crippen LogP) is -0.505. The van der Waals surface area contributed by atoms with Crippen LogP contribution in [0.2, 0.25) is 0 Å². The lowest BCUT2D eigenvalue weighted by atomic mass is 10.1. The monoisotopic (exact) mass is 283 g/mol. The van der Waals surface area contributed by atoms with Gasteiger partial charge in [-0.2, -0.15) is 13.2 Å². The summed E-state index contributed by atoms with van der Waals surface area (Å²) in [6, 6.07) is -1.15. The molecule has 1 aliphatic heterocycles. The zero-order valence-corrected chi connectivity index (χ0v) is 10.2. The van der Waals surface area contributed by atoms with E-state index in [1.54, 1.807) is 0 Å². The molecule has 0 radical (unpaired) electrons. The average Bonchev–Trinajstić information content (AvgIpc) is 2.26. The Morgan fingerprint density at radius 1 is 1.21 bits per heavy atom. The lowest BCUT2D eigenvalue weighted by molar-refractivity contribution is -0.153. The fourth-order valence-electron chi connectivity index (χ4n) is 1.89.